The van der Waals surface area contributed by atoms with Gasteiger partial charge >= 0.3 is 0 Å². The molecule has 0 amide bonds. The van der Waals surface area contributed by atoms with E-state index in [0.717, 1.165) is 18.2 Å². The third-order valence-electron chi connectivity index (χ3n) is 2.73. The topological polar surface area (TPSA) is 67.1 Å². The van der Waals surface area contributed by atoms with Crippen molar-refractivity contribution in [1.29, 1.82) is 0 Å². The number of halogens is 1. The Kier molecular flexibility index (Phi) is 7.13. The minimum atomic E-state index is 0. The Morgan fingerprint density at radius 3 is 2.52 bits per heavy atom. The van der Waals surface area contributed by atoms with Gasteiger partial charge in [-0.3, -0.25) is 4.99 Å². The van der Waals surface area contributed by atoms with Gasteiger partial charge in [0.2, 0.25) is 0 Å². The second-order valence-corrected chi connectivity index (χ2v) is 4.73. The zero-order valence-corrected chi connectivity index (χ0v) is 14.8. The molecule has 7 heteroatoms. The fourth-order valence-corrected chi connectivity index (χ4v) is 1.76. The maximum atomic E-state index is 4.17. The van der Waals surface area contributed by atoms with Crippen LogP contribution in [-0.4, -0.2) is 33.8 Å². The van der Waals surface area contributed by atoms with E-state index in [9.17, 15) is 0 Å². The number of nitrogens with zero attached hydrogens (tertiary/aromatic N) is 4. The Labute approximate surface area is 142 Å². The minimum Gasteiger partial charge on any atom is -0.354 e. The minimum absolute atomic E-state index is 0. The molecular formula is C14H21IN6. The molecule has 0 atom stereocenters. The molecule has 21 heavy (non-hydrogen) atoms. The summed E-state index contributed by atoms with van der Waals surface area (Å²) in [6, 6.07) is 8.52. The zero-order valence-electron chi connectivity index (χ0n) is 12.4. The van der Waals surface area contributed by atoms with E-state index in [-0.39, 0.29) is 24.0 Å². The Morgan fingerprint density at radius 2 is 2.00 bits per heavy atom. The molecule has 1 aromatic carbocycles. The van der Waals surface area contributed by atoms with Crippen molar-refractivity contribution in [1.82, 2.24) is 25.4 Å². The van der Waals surface area contributed by atoms with E-state index in [1.54, 1.807) is 18.1 Å². The monoisotopic (exact) mass is 400 g/mol. The predicted molar refractivity (Wildman–Crippen MR) is 95.2 cm³/mol. The Morgan fingerprint density at radius 1 is 1.29 bits per heavy atom. The summed E-state index contributed by atoms with van der Waals surface area (Å²) in [5, 5.41) is 10.6. The summed E-state index contributed by atoms with van der Waals surface area (Å²) >= 11 is 0. The third-order valence-corrected chi connectivity index (χ3v) is 2.73. The summed E-state index contributed by atoms with van der Waals surface area (Å²) < 4.78 is 1.73. The molecule has 114 valence electrons. The van der Waals surface area contributed by atoms with Gasteiger partial charge < -0.3 is 10.6 Å². The average molecular weight is 400 g/mol. The van der Waals surface area contributed by atoms with E-state index in [1.165, 1.54) is 11.9 Å². The summed E-state index contributed by atoms with van der Waals surface area (Å²) in [5.74, 6) is 0.806. The van der Waals surface area contributed by atoms with Gasteiger partial charge in [-0.2, -0.15) is 5.10 Å². The molecule has 0 aliphatic rings. The van der Waals surface area contributed by atoms with Crippen molar-refractivity contribution < 1.29 is 0 Å². The zero-order chi connectivity index (χ0) is 14.4. The quantitative estimate of drug-likeness (QED) is 0.468. The molecule has 6 nitrogen and oxygen atoms in total. The van der Waals surface area contributed by atoms with Crippen LogP contribution in [0.4, 0.5) is 0 Å². The maximum absolute atomic E-state index is 4.17. The Hall–Kier alpha value is -1.64. The molecule has 1 aromatic heterocycles. The molecule has 0 saturated carbocycles. The summed E-state index contributed by atoms with van der Waals surface area (Å²) in [6.07, 6.45) is 3.21. The number of rotatable bonds is 4. The van der Waals surface area contributed by atoms with Crippen LogP contribution in [-0.2, 0) is 6.54 Å². The van der Waals surface area contributed by atoms with Gasteiger partial charge in [0.15, 0.2) is 5.96 Å². The normalized spacial score (nSPS) is 11.1. The summed E-state index contributed by atoms with van der Waals surface area (Å²) in [7, 11) is 1.77. The van der Waals surface area contributed by atoms with Gasteiger partial charge in [-0.1, -0.05) is 12.1 Å². The van der Waals surface area contributed by atoms with Crippen LogP contribution in [0.15, 0.2) is 41.9 Å². The lowest BCUT2D eigenvalue weighted by Crippen LogP contribution is -2.40. The molecule has 2 N–H and O–H groups in total. The van der Waals surface area contributed by atoms with Crippen molar-refractivity contribution in [2.24, 2.45) is 4.99 Å². The van der Waals surface area contributed by atoms with Gasteiger partial charge in [-0.05, 0) is 31.5 Å². The second kappa shape index (κ2) is 8.60. The van der Waals surface area contributed by atoms with E-state index in [4.69, 9.17) is 0 Å². The van der Waals surface area contributed by atoms with Crippen molar-refractivity contribution in [3.8, 4) is 5.69 Å². The molecule has 0 saturated heterocycles. The van der Waals surface area contributed by atoms with Crippen LogP contribution in [0.25, 0.3) is 5.69 Å². The molecule has 0 fully saturated rings. The van der Waals surface area contributed by atoms with Crippen LogP contribution < -0.4 is 10.6 Å². The number of aromatic nitrogens is 3. The molecule has 0 aliphatic carbocycles. The standard InChI is InChI=1S/C14H20N6.HI/c1-11(2)19-14(15-3)17-8-12-4-6-13(7-5-12)20-10-16-9-18-20;/h4-7,9-11H,8H2,1-3H3,(H2,15,17,19);1H. The number of hydrogen-bond donors (Lipinski definition) is 2. The molecular weight excluding hydrogens is 379 g/mol. The number of aliphatic imine (C=N–C) groups is 1. The first-order valence-electron chi connectivity index (χ1n) is 6.60. The molecule has 0 unspecified atom stereocenters. The first kappa shape index (κ1) is 17.4. The predicted octanol–water partition coefficient (Wildman–Crippen LogP) is 1.96. The van der Waals surface area contributed by atoms with Crippen molar-refractivity contribution in [3.05, 3.63) is 42.5 Å². The Balaban J connectivity index is 0.00000220. The van der Waals surface area contributed by atoms with Crippen LogP contribution in [0.5, 0.6) is 0 Å². The van der Waals surface area contributed by atoms with E-state index >= 15 is 0 Å². The van der Waals surface area contributed by atoms with Gasteiger partial charge in [-0.25, -0.2) is 9.67 Å². The highest BCUT2D eigenvalue weighted by Gasteiger charge is 2.01. The fraction of sp³-hybridized carbons (Fsp3) is 0.357. The van der Waals surface area contributed by atoms with Gasteiger partial charge in [0, 0.05) is 19.6 Å². The molecule has 0 bridgehead atoms. The van der Waals surface area contributed by atoms with Gasteiger partial charge in [-0.15, -0.1) is 24.0 Å². The van der Waals surface area contributed by atoms with Gasteiger partial charge in [0.25, 0.3) is 0 Å². The highest BCUT2D eigenvalue weighted by Crippen LogP contribution is 2.07. The number of nitrogens with one attached hydrogen (secondary N) is 2. The highest BCUT2D eigenvalue weighted by atomic mass is 127. The smallest absolute Gasteiger partial charge is 0.191 e. The van der Waals surface area contributed by atoms with Crippen molar-refractivity contribution in [3.63, 3.8) is 0 Å². The maximum Gasteiger partial charge on any atom is 0.191 e. The lowest BCUT2D eigenvalue weighted by Gasteiger charge is -2.14. The van der Waals surface area contributed by atoms with E-state index in [1.807, 2.05) is 12.1 Å². The van der Waals surface area contributed by atoms with Crippen LogP contribution >= 0.6 is 24.0 Å². The Bertz CT molecular complexity index is 547. The van der Waals surface area contributed by atoms with Crippen LogP contribution in [0, 0.1) is 0 Å². The SMILES string of the molecule is CN=C(NCc1ccc(-n2cncn2)cc1)NC(C)C.I. The lowest BCUT2D eigenvalue weighted by molar-refractivity contribution is 0.699. The van der Waals surface area contributed by atoms with Crippen LogP contribution in [0.2, 0.25) is 0 Å². The highest BCUT2D eigenvalue weighted by molar-refractivity contribution is 14.0. The van der Waals surface area contributed by atoms with Crippen LogP contribution in [0.3, 0.4) is 0 Å². The number of hydrogen-bond acceptors (Lipinski definition) is 3. The molecule has 0 aliphatic heterocycles. The third kappa shape index (κ3) is 5.33. The molecule has 0 radical (unpaired) electrons. The second-order valence-electron chi connectivity index (χ2n) is 4.73. The fourth-order valence-electron chi connectivity index (χ4n) is 1.76. The first-order valence-corrected chi connectivity index (χ1v) is 6.60. The summed E-state index contributed by atoms with van der Waals surface area (Å²) in [5.41, 5.74) is 2.18. The van der Waals surface area contributed by atoms with Gasteiger partial charge in [0.05, 0.1) is 5.69 Å². The average Bonchev–Trinajstić information content (AvgIpc) is 2.97. The van der Waals surface area contributed by atoms with Crippen molar-refractivity contribution in [2.75, 3.05) is 7.05 Å². The van der Waals surface area contributed by atoms with Gasteiger partial charge in [0.1, 0.15) is 12.7 Å². The largest absolute Gasteiger partial charge is 0.354 e. The summed E-state index contributed by atoms with van der Waals surface area (Å²) in [4.78, 5) is 8.11. The molecule has 2 aromatic rings. The van der Waals surface area contributed by atoms with Crippen LogP contribution in [0.1, 0.15) is 19.4 Å². The lowest BCUT2D eigenvalue weighted by atomic mass is 10.2. The number of guanidine groups is 1. The number of benzene rings is 1. The molecule has 0 spiro atoms. The van der Waals surface area contributed by atoms with E-state index in [2.05, 4.69) is 51.7 Å². The van der Waals surface area contributed by atoms with Crippen molar-refractivity contribution >= 4 is 29.9 Å². The van der Waals surface area contributed by atoms with E-state index < -0.39 is 0 Å². The molecule has 2 rings (SSSR count). The van der Waals surface area contributed by atoms with E-state index in [0.29, 0.717) is 6.04 Å². The van der Waals surface area contributed by atoms with Crippen molar-refractivity contribution in [2.45, 2.75) is 26.4 Å². The summed E-state index contributed by atoms with van der Waals surface area (Å²) in [6.45, 7) is 4.89. The molecule has 1 heterocycles. The first-order chi connectivity index (χ1) is 9.69.